The highest BCUT2D eigenvalue weighted by atomic mass is 16.3. The van der Waals surface area contributed by atoms with Gasteiger partial charge in [0.2, 0.25) is 0 Å². The second kappa shape index (κ2) is 6.35. The van der Waals surface area contributed by atoms with Crippen LogP contribution in [0.3, 0.4) is 0 Å². The summed E-state index contributed by atoms with van der Waals surface area (Å²) in [7, 11) is 0. The molecule has 0 saturated carbocycles. The van der Waals surface area contributed by atoms with Crippen LogP contribution in [0.1, 0.15) is 25.7 Å². The monoisotopic (exact) mass is 186 g/mol. The van der Waals surface area contributed by atoms with Crippen molar-refractivity contribution in [2.24, 2.45) is 11.7 Å². The summed E-state index contributed by atoms with van der Waals surface area (Å²) < 4.78 is 0. The molecule has 0 spiro atoms. The fourth-order valence-electron chi connectivity index (χ4n) is 2.11. The van der Waals surface area contributed by atoms with Gasteiger partial charge in [0.15, 0.2) is 0 Å². The number of rotatable bonds is 4. The smallest absolute Gasteiger partial charge is 0.0558 e. The maximum Gasteiger partial charge on any atom is 0.0558 e. The molecule has 1 saturated heterocycles. The molecule has 1 aliphatic heterocycles. The quantitative estimate of drug-likeness (QED) is 0.669. The summed E-state index contributed by atoms with van der Waals surface area (Å²) in [6.07, 6.45) is 5.02. The number of hydrogen-bond acceptors (Lipinski definition) is 3. The summed E-state index contributed by atoms with van der Waals surface area (Å²) in [6.45, 7) is 4.26. The third-order valence-corrected chi connectivity index (χ3v) is 2.93. The Labute approximate surface area is 80.9 Å². The first kappa shape index (κ1) is 11.0. The van der Waals surface area contributed by atoms with Crippen molar-refractivity contribution in [1.29, 1.82) is 0 Å². The van der Waals surface area contributed by atoms with Gasteiger partial charge in [-0.2, -0.15) is 0 Å². The first-order valence-electron chi connectivity index (χ1n) is 5.40. The highest BCUT2D eigenvalue weighted by molar-refractivity contribution is 4.70. The number of hydrogen-bond donors (Lipinski definition) is 2. The summed E-state index contributed by atoms with van der Waals surface area (Å²) in [5.74, 6) is 0.827. The largest absolute Gasteiger partial charge is 0.395 e. The van der Waals surface area contributed by atoms with Gasteiger partial charge in [-0.05, 0) is 51.2 Å². The van der Waals surface area contributed by atoms with Crippen LogP contribution in [-0.2, 0) is 0 Å². The molecule has 0 aromatic rings. The lowest BCUT2D eigenvalue weighted by Crippen LogP contribution is -2.27. The van der Waals surface area contributed by atoms with Crippen LogP contribution in [0.5, 0.6) is 0 Å². The normalized spacial score (nSPS) is 25.8. The SMILES string of the molecule is NCCC1CCCN(CCO)CC1. The minimum atomic E-state index is 0.293. The second-order valence-corrected chi connectivity index (χ2v) is 3.94. The highest BCUT2D eigenvalue weighted by Crippen LogP contribution is 2.19. The van der Waals surface area contributed by atoms with Crippen molar-refractivity contribution in [3.8, 4) is 0 Å². The third kappa shape index (κ3) is 4.07. The van der Waals surface area contributed by atoms with E-state index in [1.165, 1.54) is 25.7 Å². The predicted octanol–water partition coefficient (Wildman–Crippen LogP) is 0.430. The molecule has 1 heterocycles. The summed E-state index contributed by atoms with van der Waals surface area (Å²) >= 11 is 0. The first-order valence-corrected chi connectivity index (χ1v) is 5.40. The maximum absolute atomic E-state index is 8.82. The van der Waals surface area contributed by atoms with E-state index >= 15 is 0 Å². The fourth-order valence-corrected chi connectivity index (χ4v) is 2.11. The lowest BCUT2D eigenvalue weighted by molar-refractivity contribution is 0.199. The Morgan fingerprint density at radius 2 is 2.15 bits per heavy atom. The second-order valence-electron chi connectivity index (χ2n) is 3.94. The van der Waals surface area contributed by atoms with Crippen LogP contribution in [-0.4, -0.2) is 42.8 Å². The maximum atomic E-state index is 8.82. The van der Waals surface area contributed by atoms with Crippen LogP contribution in [0.4, 0.5) is 0 Å². The van der Waals surface area contributed by atoms with Crippen LogP contribution in [0.25, 0.3) is 0 Å². The summed E-state index contributed by atoms with van der Waals surface area (Å²) in [5, 5.41) is 8.82. The van der Waals surface area contributed by atoms with Crippen molar-refractivity contribution in [3.05, 3.63) is 0 Å². The molecule has 3 N–H and O–H groups in total. The van der Waals surface area contributed by atoms with Crippen LogP contribution in [0, 0.1) is 5.92 Å². The van der Waals surface area contributed by atoms with E-state index < -0.39 is 0 Å². The molecule has 3 heteroatoms. The van der Waals surface area contributed by atoms with Crippen LogP contribution in [0.15, 0.2) is 0 Å². The Balaban J connectivity index is 2.22. The average molecular weight is 186 g/mol. The molecule has 0 aromatic carbocycles. The molecule has 1 fully saturated rings. The van der Waals surface area contributed by atoms with Gasteiger partial charge in [-0.3, -0.25) is 0 Å². The molecule has 0 amide bonds. The predicted molar refractivity (Wildman–Crippen MR) is 54.5 cm³/mol. The van der Waals surface area contributed by atoms with Gasteiger partial charge in [0.05, 0.1) is 6.61 Å². The number of likely N-dealkylation sites (tertiary alicyclic amines) is 1. The van der Waals surface area contributed by atoms with Crippen molar-refractivity contribution in [3.63, 3.8) is 0 Å². The minimum Gasteiger partial charge on any atom is -0.395 e. The van der Waals surface area contributed by atoms with E-state index in [9.17, 15) is 0 Å². The highest BCUT2D eigenvalue weighted by Gasteiger charge is 2.15. The molecule has 3 nitrogen and oxygen atoms in total. The molecule has 1 unspecified atom stereocenters. The molecule has 0 bridgehead atoms. The molecule has 0 aromatic heterocycles. The van der Waals surface area contributed by atoms with E-state index in [0.29, 0.717) is 6.61 Å². The summed E-state index contributed by atoms with van der Waals surface area (Å²) in [4.78, 5) is 2.36. The van der Waals surface area contributed by atoms with Gasteiger partial charge in [-0.25, -0.2) is 0 Å². The average Bonchev–Trinajstić information content (AvgIpc) is 2.33. The number of nitrogens with zero attached hydrogens (tertiary/aromatic N) is 1. The molecule has 1 atom stereocenters. The first-order chi connectivity index (χ1) is 6.36. The van der Waals surface area contributed by atoms with Gasteiger partial charge >= 0.3 is 0 Å². The van der Waals surface area contributed by atoms with Crippen molar-refractivity contribution in [1.82, 2.24) is 4.90 Å². The van der Waals surface area contributed by atoms with Crippen molar-refractivity contribution in [2.45, 2.75) is 25.7 Å². The Hall–Kier alpha value is -0.120. The van der Waals surface area contributed by atoms with Crippen LogP contribution >= 0.6 is 0 Å². The van der Waals surface area contributed by atoms with Crippen LogP contribution < -0.4 is 5.73 Å². The van der Waals surface area contributed by atoms with Gasteiger partial charge in [0.25, 0.3) is 0 Å². The van der Waals surface area contributed by atoms with E-state index in [1.807, 2.05) is 0 Å². The molecular weight excluding hydrogens is 164 g/mol. The summed E-state index contributed by atoms with van der Waals surface area (Å²) in [6, 6.07) is 0. The van der Waals surface area contributed by atoms with E-state index in [4.69, 9.17) is 10.8 Å². The zero-order chi connectivity index (χ0) is 9.52. The lowest BCUT2D eigenvalue weighted by atomic mass is 9.97. The number of β-amino-alcohol motifs (C(OH)–C–C–N with tert-alkyl or cyclic N) is 1. The third-order valence-electron chi connectivity index (χ3n) is 2.93. The van der Waals surface area contributed by atoms with Crippen molar-refractivity contribution in [2.75, 3.05) is 32.8 Å². The molecular formula is C10H22N2O. The molecule has 13 heavy (non-hydrogen) atoms. The molecule has 0 radical (unpaired) electrons. The van der Waals surface area contributed by atoms with Crippen molar-refractivity contribution >= 4 is 0 Å². The van der Waals surface area contributed by atoms with Gasteiger partial charge in [-0.1, -0.05) is 0 Å². The Bertz CT molecular complexity index is 116. The zero-order valence-electron chi connectivity index (χ0n) is 8.41. The topological polar surface area (TPSA) is 49.5 Å². The van der Waals surface area contributed by atoms with Gasteiger partial charge in [0.1, 0.15) is 0 Å². The molecule has 0 aliphatic carbocycles. The Morgan fingerprint density at radius 1 is 1.31 bits per heavy atom. The van der Waals surface area contributed by atoms with Crippen LogP contribution in [0.2, 0.25) is 0 Å². The lowest BCUT2D eigenvalue weighted by Gasteiger charge is -2.18. The molecule has 1 rings (SSSR count). The van der Waals surface area contributed by atoms with E-state index in [-0.39, 0.29) is 0 Å². The standard InChI is InChI=1S/C10H22N2O/c11-5-3-10-2-1-6-12(7-4-10)8-9-13/h10,13H,1-9,11H2. The van der Waals surface area contributed by atoms with Gasteiger partial charge in [-0.15, -0.1) is 0 Å². The Morgan fingerprint density at radius 3 is 2.85 bits per heavy atom. The van der Waals surface area contributed by atoms with Gasteiger partial charge in [0, 0.05) is 6.54 Å². The summed E-state index contributed by atoms with van der Waals surface area (Å²) in [5.41, 5.74) is 5.55. The van der Waals surface area contributed by atoms with E-state index in [1.54, 1.807) is 0 Å². The number of aliphatic hydroxyl groups is 1. The van der Waals surface area contributed by atoms with Gasteiger partial charge < -0.3 is 15.7 Å². The van der Waals surface area contributed by atoms with E-state index in [2.05, 4.69) is 4.90 Å². The number of nitrogens with two attached hydrogens (primary N) is 1. The minimum absolute atomic E-state index is 0.293. The molecule has 1 aliphatic rings. The van der Waals surface area contributed by atoms with E-state index in [0.717, 1.165) is 32.1 Å². The fraction of sp³-hybridized carbons (Fsp3) is 1.00. The zero-order valence-corrected chi connectivity index (χ0v) is 8.41. The Kier molecular flexibility index (Phi) is 5.35. The number of aliphatic hydroxyl groups excluding tert-OH is 1. The van der Waals surface area contributed by atoms with Crippen molar-refractivity contribution < 1.29 is 5.11 Å². The molecule has 78 valence electrons.